The average Bonchev–Trinajstić information content (AvgIpc) is 2.38. The van der Waals surface area contributed by atoms with Gasteiger partial charge >= 0.3 is 0 Å². The van der Waals surface area contributed by atoms with Crippen LogP contribution in [0.2, 0.25) is 0 Å². The van der Waals surface area contributed by atoms with Crippen molar-refractivity contribution in [2.45, 2.75) is 37.6 Å². The maximum absolute atomic E-state index is 12.8. The number of nitrogens with zero attached hydrogens (tertiary/aromatic N) is 1. The van der Waals surface area contributed by atoms with E-state index in [1.165, 1.54) is 0 Å². The summed E-state index contributed by atoms with van der Waals surface area (Å²) < 4.78 is 27.9. The third-order valence-electron chi connectivity index (χ3n) is 3.93. The van der Waals surface area contributed by atoms with Gasteiger partial charge in [-0.05, 0) is 72.8 Å². The maximum atomic E-state index is 12.8. The normalized spacial score (nSPS) is 24.8. The molecule has 112 valence electrons. The number of rotatable bonds is 3. The van der Waals surface area contributed by atoms with Crippen molar-refractivity contribution in [1.82, 2.24) is 4.31 Å². The molecular formula is C14H21BrN2O2S. The van der Waals surface area contributed by atoms with Gasteiger partial charge in [-0.3, -0.25) is 0 Å². The highest BCUT2D eigenvalue weighted by atomic mass is 79.9. The van der Waals surface area contributed by atoms with Crippen molar-refractivity contribution in [3.63, 3.8) is 0 Å². The number of hydrogen-bond acceptors (Lipinski definition) is 3. The minimum atomic E-state index is -3.47. The van der Waals surface area contributed by atoms with Crippen LogP contribution in [-0.4, -0.2) is 31.9 Å². The fourth-order valence-corrected chi connectivity index (χ4v) is 5.51. The van der Waals surface area contributed by atoms with Gasteiger partial charge in [-0.25, -0.2) is 8.42 Å². The lowest BCUT2D eigenvalue weighted by atomic mass is 9.96. The molecule has 1 aliphatic heterocycles. The number of benzene rings is 1. The van der Waals surface area contributed by atoms with E-state index in [-0.39, 0.29) is 12.0 Å². The van der Waals surface area contributed by atoms with Crippen molar-refractivity contribution in [1.29, 1.82) is 0 Å². The summed E-state index contributed by atoms with van der Waals surface area (Å²) in [7, 11) is -3.47. The highest BCUT2D eigenvalue weighted by Gasteiger charge is 2.35. The zero-order valence-electron chi connectivity index (χ0n) is 11.8. The summed E-state index contributed by atoms with van der Waals surface area (Å²) in [5.74, 6) is 0.255. The molecule has 2 atom stereocenters. The van der Waals surface area contributed by atoms with Crippen molar-refractivity contribution in [2.24, 2.45) is 11.7 Å². The molecule has 1 aliphatic rings. The molecule has 1 heterocycles. The molecule has 0 aliphatic carbocycles. The smallest absolute Gasteiger partial charge is 0.244 e. The predicted molar refractivity (Wildman–Crippen MR) is 84.0 cm³/mol. The fourth-order valence-electron chi connectivity index (χ4n) is 2.62. The van der Waals surface area contributed by atoms with Crippen LogP contribution in [-0.2, 0) is 10.0 Å². The Balaban J connectivity index is 2.38. The topological polar surface area (TPSA) is 63.4 Å². The first-order valence-electron chi connectivity index (χ1n) is 6.84. The molecule has 1 aromatic carbocycles. The summed E-state index contributed by atoms with van der Waals surface area (Å²) in [5.41, 5.74) is 6.74. The molecule has 2 N–H and O–H groups in total. The largest absolute Gasteiger partial charge is 0.330 e. The molecule has 0 amide bonds. The van der Waals surface area contributed by atoms with E-state index in [0.717, 1.165) is 18.4 Å². The van der Waals surface area contributed by atoms with Crippen LogP contribution in [0.3, 0.4) is 0 Å². The highest BCUT2D eigenvalue weighted by Crippen LogP contribution is 2.31. The number of halogens is 1. The van der Waals surface area contributed by atoms with Gasteiger partial charge in [0.05, 0.1) is 4.90 Å². The van der Waals surface area contributed by atoms with Crippen LogP contribution < -0.4 is 5.73 Å². The molecule has 1 saturated heterocycles. The Labute approximate surface area is 129 Å². The minimum Gasteiger partial charge on any atom is -0.330 e. The first-order chi connectivity index (χ1) is 9.36. The van der Waals surface area contributed by atoms with E-state index in [9.17, 15) is 8.42 Å². The van der Waals surface area contributed by atoms with Gasteiger partial charge in [-0.15, -0.1) is 0 Å². The van der Waals surface area contributed by atoms with Gasteiger partial charge in [-0.1, -0.05) is 6.07 Å². The van der Waals surface area contributed by atoms with Gasteiger partial charge in [0, 0.05) is 17.1 Å². The number of sulfonamides is 1. The Hall–Kier alpha value is -0.430. The quantitative estimate of drug-likeness (QED) is 0.900. The number of nitrogens with two attached hydrogens (primary N) is 1. The summed E-state index contributed by atoms with van der Waals surface area (Å²) in [4.78, 5) is 0.340. The first-order valence-corrected chi connectivity index (χ1v) is 9.07. The third-order valence-corrected chi connectivity index (χ3v) is 6.89. The Morgan fingerprint density at radius 1 is 1.40 bits per heavy atom. The zero-order chi connectivity index (χ0) is 14.9. The molecule has 1 fully saturated rings. The number of aryl methyl sites for hydroxylation is 1. The summed E-state index contributed by atoms with van der Waals surface area (Å²) in [6, 6.07) is 5.36. The van der Waals surface area contributed by atoms with E-state index < -0.39 is 10.0 Å². The van der Waals surface area contributed by atoms with E-state index in [0.29, 0.717) is 22.5 Å². The summed E-state index contributed by atoms with van der Waals surface area (Å²) in [6.07, 6.45) is 1.86. The van der Waals surface area contributed by atoms with Crippen LogP contribution in [0.25, 0.3) is 0 Å². The second-order valence-corrected chi connectivity index (χ2v) is 8.25. The second kappa shape index (κ2) is 6.13. The predicted octanol–water partition coefficient (Wildman–Crippen LogP) is 2.51. The molecule has 0 radical (unpaired) electrons. The van der Waals surface area contributed by atoms with Crippen LogP contribution in [0.5, 0.6) is 0 Å². The number of hydrogen-bond donors (Lipinski definition) is 1. The van der Waals surface area contributed by atoms with Gasteiger partial charge in [0.2, 0.25) is 10.0 Å². The number of piperidine rings is 1. The molecular weight excluding hydrogens is 340 g/mol. The third kappa shape index (κ3) is 3.08. The molecule has 0 bridgehead atoms. The van der Waals surface area contributed by atoms with Gasteiger partial charge in [0.25, 0.3) is 0 Å². The van der Waals surface area contributed by atoms with Gasteiger partial charge in [-0.2, -0.15) is 4.31 Å². The molecule has 2 rings (SSSR count). The molecule has 0 aromatic heterocycles. The Kier molecular flexibility index (Phi) is 4.89. The lowest BCUT2D eigenvalue weighted by Gasteiger charge is -2.36. The molecule has 4 nitrogen and oxygen atoms in total. The van der Waals surface area contributed by atoms with Crippen molar-refractivity contribution in [3.8, 4) is 0 Å². The van der Waals surface area contributed by atoms with E-state index in [2.05, 4.69) is 15.9 Å². The average molecular weight is 361 g/mol. The molecule has 0 saturated carbocycles. The minimum absolute atomic E-state index is 0.0241. The second-order valence-electron chi connectivity index (χ2n) is 5.54. The SMILES string of the molecule is Cc1ccc(S(=O)(=O)N2CC(CN)CCC2C)c(Br)c1. The Bertz CT molecular complexity index is 589. The van der Waals surface area contributed by atoms with Crippen LogP contribution in [0, 0.1) is 12.8 Å². The summed E-state index contributed by atoms with van der Waals surface area (Å²) in [6.45, 7) is 4.95. The van der Waals surface area contributed by atoms with E-state index in [1.807, 2.05) is 26.0 Å². The zero-order valence-corrected chi connectivity index (χ0v) is 14.2. The Morgan fingerprint density at radius 2 is 2.10 bits per heavy atom. The lowest BCUT2D eigenvalue weighted by molar-refractivity contribution is 0.211. The molecule has 2 unspecified atom stereocenters. The lowest BCUT2D eigenvalue weighted by Crippen LogP contribution is -2.47. The summed E-state index contributed by atoms with van der Waals surface area (Å²) in [5, 5.41) is 0. The molecule has 1 aromatic rings. The Morgan fingerprint density at radius 3 is 2.70 bits per heavy atom. The van der Waals surface area contributed by atoms with Gasteiger partial charge in [0.15, 0.2) is 0 Å². The standard InChI is InChI=1S/C14H21BrN2O2S/c1-10-3-6-14(13(15)7-10)20(18,19)17-9-12(8-16)5-4-11(17)2/h3,6-7,11-12H,4-5,8-9,16H2,1-2H3. The molecule has 6 heteroatoms. The van der Waals surface area contributed by atoms with Gasteiger partial charge < -0.3 is 5.73 Å². The van der Waals surface area contributed by atoms with Crippen molar-refractivity contribution in [3.05, 3.63) is 28.2 Å². The molecule has 0 spiro atoms. The summed E-state index contributed by atoms with van der Waals surface area (Å²) >= 11 is 3.37. The van der Waals surface area contributed by atoms with Crippen LogP contribution in [0.1, 0.15) is 25.3 Å². The fraction of sp³-hybridized carbons (Fsp3) is 0.571. The first kappa shape index (κ1) is 15.9. The van der Waals surface area contributed by atoms with E-state index in [4.69, 9.17) is 5.73 Å². The van der Waals surface area contributed by atoms with E-state index in [1.54, 1.807) is 10.4 Å². The highest BCUT2D eigenvalue weighted by molar-refractivity contribution is 9.10. The maximum Gasteiger partial charge on any atom is 0.244 e. The monoisotopic (exact) mass is 360 g/mol. The van der Waals surface area contributed by atoms with Crippen LogP contribution in [0.4, 0.5) is 0 Å². The van der Waals surface area contributed by atoms with Crippen molar-refractivity contribution in [2.75, 3.05) is 13.1 Å². The van der Waals surface area contributed by atoms with E-state index >= 15 is 0 Å². The van der Waals surface area contributed by atoms with Crippen LogP contribution >= 0.6 is 15.9 Å². The van der Waals surface area contributed by atoms with Crippen molar-refractivity contribution >= 4 is 26.0 Å². The molecule has 20 heavy (non-hydrogen) atoms. The van der Waals surface area contributed by atoms with Gasteiger partial charge in [0.1, 0.15) is 0 Å². The van der Waals surface area contributed by atoms with Crippen LogP contribution in [0.15, 0.2) is 27.6 Å². The van der Waals surface area contributed by atoms with Crippen molar-refractivity contribution < 1.29 is 8.42 Å².